The predicted molar refractivity (Wildman–Crippen MR) is 108 cm³/mol. The lowest BCUT2D eigenvalue weighted by molar-refractivity contribution is 0.0423. The van der Waals surface area contributed by atoms with Gasteiger partial charge in [0.25, 0.3) is 5.91 Å². The molecule has 4 rings (SSSR count). The fourth-order valence-electron chi connectivity index (χ4n) is 2.90. The molecule has 144 valence electrons. The molecule has 4 aromatic heterocycles. The average Bonchev–Trinajstić information content (AvgIpc) is 3.17. The largest absolute Gasteiger partial charge is 0.275 e. The molecule has 0 fully saturated rings. The molecule has 0 spiro atoms. The number of amides is 1. The van der Waals surface area contributed by atoms with Crippen molar-refractivity contribution in [2.24, 2.45) is 0 Å². The third kappa shape index (κ3) is 4.02. The van der Waals surface area contributed by atoms with Crippen LogP contribution in [0.3, 0.4) is 0 Å². The van der Waals surface area contributed by atoms with Gasteiger partial charge in [-0.05, 0) is 29.8 Å². The molecule has 0 aromatic carbocycles. The van der Waals surface area contributed by atoms with E-state index in [0.29, 0.717) is 28.8 Å². The molecule has 0 atom stereocenters. The second-order valence-electron chi connectivity index (χ2n) is 6.23. The highest BCUT2D eigenvalue weighted by atomic mass is 16.6. The van der Waals surface area contributed by atoms with Crippen molar-refractivity contribution in [1.82, 2.24) is 30.2 Å². The summed E-state index contributed by atoms with van der Waals surface area (Å²) in [5, 5.41) is 5.06. The normalized spacial score (nSPS) is 10.8. The Bertz CT molecular complexity index is 1140. The topological polar surface area (TPSA) is 94.8 Å². The molecular formula is C21H18N6O2. The molecule has 0 aliphatic heterocycles. The van der Waals surface area contributed by atoms with Gasteiger partial charge in [0.05, 0.1) is 36.0 Å². The molecule has 0 saturated carbocycles. The fourth-order valence-corrected chi connectivity index (χ4v) is 2.90. The average molecular weight is 386 g/mol. The second kappa shape index (κ2) is 8.41. The second-order valence-corrected chi connectivity index (χ2v) is 6.23. The van der Waals surface area contributed by atoms with E-state index in [1.165, 1.54) is 0 Å². The van der Waals surface area contributed by atoms with E-state index in [0.717, 1.165) is 11.1 Å². The first-order valence-electron chi connectivity index (χ1n) is 8.95. The van der Waals surface area contributed by atoms with Gasteiger partial charge in [-0.1, -0.05) is 12.1 Å². The van der Waals surface area contributed by atoms with Gasteiger partial charge in [-0.3, -0.25) is 19.6 Å². The van der Waals surface area contributed by atoms with Crippen molar-refractivity contribution >= 4 is 16.9 Å². The van der Waals surface area contributed by atoms with Crippen LogP contribution in [0.2, 0.25) is 0 Å². The minimum atomic E-state index is -0.384. The number of carbonyl (C=O) groups excluding carboxylic acids is 1. The Labute approximate surface area is 166 Å². The highest BCUT2D eigenvalue weighted by Crippen LogP contribution is 2.25. The quantitative estimate of drug-likeness (QED) is 0.298. The van der Waals surface area contributed by atoms with Crippen LogP contribution in [0, 0.1) is 0 Å². The van der Waals surface area contributed by atoms with E-state index in [4.69, 9.17) is 9.82 Å². The van der Waals surface area contributed by atoms with Crippen molar-refractivity contribution in [1.29, 1.82) is 0 Å². The lowest BCUT2D eigenvalue weighted by Gasteiger charge is -2.09. The lowest BCUT2D eigenvalue weighted by Crippen LogP contribution is -2.24. The van der Waals surface area contributed by atoms with Crippen LogP contribution in [0.1, 0.15) is 15.9 Å². The van der Waals surface area contributed by atoms with Gasteiger partial charge in [0, 0.05) is 30.4 Å². The van der Waals surface area contributed by atoms with Crippen LogP contribution in [-0.4, -0.2) is 37.2 Å². The van der Waals surface area contributed by atoms with E-state index in [9.17, 15) is 4.79 Å². The van der Waals surface area contributed by atoms with Crippen LogP contribution in [0.25, 0.3) is 22.3 Å². The van der Waals surface area contributed by atoms with Crippen molar-refractivity contribution in [3.8, 4) is 11.3 Å². The van der Waals surface area contributed by atoms with E-state index in [-0.39, 0.29) is 12.5 Å². The number of nitrogens with one attached hydrogen (secondary N) is 1. The standard InChI is InChI=1S/C21H18N6O2/c1-2-9-29-26-21(28)17-10-19(16-6-4-8-23-12-16)25-20-18(17)13-24-27(20)14-15-5-3-7-22-11-15/h2-8,10-13H,1,9,14H2,(H,26,28). The van der Waals surface area contributed by atoms with E-state index in [2.05, 4.69) is 27.1 Å². The summed E-state index contributed by atoms with van der Waals surface area (Å²) in [5.74, 6) is -0.384. The van der Waals surface area contributed by atoms with Gasteiger partial charge < -0.3 is 0 Å². The maximum atomic E-state index is 12.7. The third-order valence-electron chi connectivity index (χ3n) is 4.23. The van der Waals surface area contributed by atoms with Gasteiger partial charge in [-0.15, -0.1) is 6.58 Å². The van der Waals surface area contributed by atoms with Crippen molar-refractivity contribution < 1.29 is 9.63 Å². The maximum Gasteiger partial charge on any atom is 0.275 e. The van der Waals surface area contributed by atoms with Gasteiger partial charge in [0.15, 0.2) is 5.65 Å². The Morgan fingerprint density at radius 2 is 2.00 bits per heavy atom. The molecule has 8 heteroatoms. The number of pyridine rings is 3. The number of hydrogen-bond donors (Lipinski definition) is 1. The summed E-state index contributed by atoms with van der Waals surface area (Å²) in [6, 6.07) is 9.25. The monoisotopic (exact) mass is 386 g/mol. The number of hydrogen-bond acceptors (Lipinski definition) is 6. The molecule has 0 unspecified atom stereocenters. The Morgan fingerprint density at radius 3 is 2.72 bits per heavy atom. The third-order valence-corrected chi connectivity index (χ3v) is 4.23. The molecule has 0 radical (unpaired) electrons. The summed E-state index contributed by atoms with van der Waals surface area (Å²) < 4.78 is 1.74. The zero-order valence-electron chi connectivity index (χ0n) is 15.5. The highest BCUT2D eigenvalue weighted by Gasteiger charge is 2.18. The van der Waals surface area contributed by atoms with Crippen LogP contribution >= 0.6 is 0 Å². The predicted octanol–water partition coefficient (Wildman–Crippen LogP) is 2.78. The minimum absolute atomic E-state index is 0.204. The highest BCUT2D eigenvalue weighted by molar-refractivity contribution is 6.06. The Morgan fingerprint density at radius 1 is 1.17 bits per heavy atom. The van der Waals surface area contributed by atoms with Gasteiger partial charge in [0.2, 0.25) is 0 Å². The number of rotatable bonds is 7. The summed E-state index contributed by atoms with van der Waals surface area (Å²) in [5.41, 5.74) is 5.82. The lowest BCUT2D eigenvalue weighted by atomic mass is 10.1. The molecular weight excluding hydrogens is 368 g/mol. The molecule has 8 nitrogen and oxygen atoms in total. The zero-order chi connectivity index (χ0) is 20.1. The van der Waals surface area contributed by atoms with E-state index in [1.54, 1.807) is 47.8 Å². The molecule has 0 aliphatic rings. The smallest absolute Gasteiger partial charge is 0.269 e. The SMILES string of the molecule is C=CCONC(=O)c1cc(-c2cccnc2)nc2c1cnn2Cc1cccnc1. The Balaban J connectivity index is 1.80. The summed E-state index contributed by atoms with van der Waals surface area (Å²) in [7, 11) is 0. The molecule has 1 amide bonds. The van der Waals surface area contributed by atoms with Gasteiger partial charge >= 0.3 is 0 Å². The molecule has 0 saturated heterocycles. The number of aromatic nitrogens is 5. The van der Waals surface area contributed by atoms with Crippen molar-refractivity contribution in [3.63, 3.8) is 0 Å². The molecule has 4 aromatic rings. The number of nitrogens with zero attached hydrogens (tertiary/aromatic N) is 5. The Hall–Kier alpha value is -3.91. The summed E-state index contributed by atoms with van der Waals surface area (Å²) in [6.45, 7) is 4.25. The first-order valence-corrected chi connectivity index (χ1v) is 8.95. The summed E-state index contributed by atoms with van der Waals surface area (Å²) in [4.78, 5) is 30.9. The van der Waals surface area contributed by atoms with Crippen LogP contribution in [0.5, 0.6) is 0 Å². The minimum Gasteiger partial charge on any atom is -0.269 e. The Kier molecular flexibility index (Phi) is 5.35. The van der Waals surface area contributed by atoms with Gasteiger partial charge in [0.1, 0.15) is 0 Å². The first-order chi connectivity index (χ1) is 14.3. The molecule has 0 bridgehead atoms. The summed E-state index contributed by atoms with van der Waals surface area (Å²) >= 11 is 0. The van der Waals surface area contributed by atoms with Crippen molar-refractivity contribution in [3.05, 3.63) is 85.1 Å². The van der Waals surface area contributed by atoms with E-state index >= 15 is 0 Å². The zero-order valence-corrected chi connectivity index (χ0v) is 15.5. The molecule has 0 aliphatic carbocycles. The van der Waals surface area contributed by atoms with Gasteiger partial charge in [-0.2, -0.15) is 5.10 Å². The van der Waals surface area contributed by atoms with E-state index in [1.807, 2.05) is 24.3 Å². The van der Waals surface area contributed by atoms with Crippen molar-refractivity contribution in [2.45, 2.75) is 6.54 Å². The van der Waals surface area contributed by atoms with Crippen LogP contribution in [0.15, 0.2) is 74.0 Å². The number of hydroxylamine groups is 1. The van der Waals surface area contributed by atoms with Crippen molar-refractivity contribution in [2.75, 3.05) is 6.61 Å². The van der Waals surface area contributed by atoms with Crippen LogP contribution < -0.4 is 5.48 Å². The van der Waals surface area contributed by atoms with E-state index < -0.39 is 0 Å². The molecule has 1 N–H and O–H groups in total. The molecule has 4 heterocycles. The van der Waals surface area contributed by atoms with Crippen LogP contribution in [0.4, 0.5) is 0 Å². The first kappa shape index (κ1) is 18.5. The summed E-state index contributed by atoms with van der Waals surface area (Å²) in [6.07, 6.45) is 10.1. The maximum absolute atomic E-state index is 12.7. The molecule has 29 heavy (non-hydrogen) atoms. The van der Waals surface area contributed by atoms with Gasteiger partial charge in [-0.25, -0.2) is 15.1 Å². The van der Waals surface area contributed by atoms with Crippen LogP contribution in [-0.2, 0) is 11.4 Å². The fraction of sp³-hybridized carbons (Fsp3) is 0.0952. The number of carbonyl (C=O) groups is 1. The number of fused-ring (bicyclic) bond motifs is 1.